The summed E-state index contributed by atoms with van der Waals surface area (Å²) in [7, 11) is -6.09. The Morgan fingerprint density at radius 3 is 1.62 bits per heavy atom. The van der Waals surface area contributed by atoms with Gasteiger partial charge < -0.3 is 14.9 Å². The zero-order chi connectivity index (χ0) is 28.8. The van der Waals surface area contributed by atoms with Crippen LogP contribution in [0.3, 0.4) is 0 Å². The standard InChI is InChI=1S/C16H23NO2S.C8H17NO.C7H8O2S/c18-20(19,15-7-3-1-4-8-15)16-13-14(16)9-12-17-10-5-2-6-11-17;10-8-4-7-9-5-2-1-3-6-9;1-10(8,9)7-5-3-2-4-6-7/h1,3-4,7-8,14,16H,2,5-6,9-13H2;10H,1-8H2;2-6H,1H3/t14-,16-;;/m1../s1. The highest BCUT2D eigenvalue weighted by Gasteiger charge is 2.47. The second-order valence-electron chi connectivity index (χ2n) is 11.1. The maximum atomic E-state index is 12.4. The lowest BCUT2D eigenvalue weighted by atomic mass is 10.1. The summed E-state index contributed by atoms with van der Waals surface area (Å²) in [6.07, 6.45) is 12.1. The lowest BCUT2D eigenvalue weighted by molar-refractivity contribution is 0.198. The van der Waals surface area contributed by atoms with Crippen LogP contribution in [-0.2, 0) is 19.7 Å². The summed E-state index contributed by atoms with van der Waals surface area (Å²) < 4.78 is 46.6. The van der Waals surface area contributed by atoms with E-state index in [2.05, 4.69) is 9.80 Å². The molecule has 0 spiro atoms. The van der Waals surface area contributed by atoms with Crippen molar-refractivity contribution in [3.63, 3.8) is 0 Å². The van der Waals surface area contributed by atoms with Crippen molar-refractivity contribution in [1.82, 2.24) is 9.80 Å². The van der Waals surface area contributed by atoms with Crippen LogP contribution in [0.2, 0.25) is 0 Å². The number of hydrogen-bond acceptors (Lipinski definition) is 7. The Kier molecular flexibility index (Phi) is 13.6. The monoisotopic (exact) mass is 592 g/mol. The van der Waals surface area contributed by atoms with Gasteiger partial charge in [0.05, 0.1) is 15.0 Å². The third-order valence-electron chi connectivity index (χ3n) is 7.85. The molecule has 224 valence electrons. The molecule has 5 rings (SSSR count). The van der Waals surface area contributed by atoms with Crippen LogP contribution in [0.25, 0.3) is 0 Å². The Hall–Kier alpha value is -1.78. The smallest absolute Gasteiger partial charge is 0.181 e. The van der Waals surface area contributed by atoms with Crippen LogP contribution in [0, 0.1) is 5.92 Å². The van der Waals surface area contributed by atoms with Crippen molar-refractivity contribution in [2.24, 2.45) is 5.92 Å². The maximum absolute atomic E-state index is 12.4. The van der Waals surface area contributed by atoms with Gasteiger partial charge >= 0.3 is 0 Å². The van der Waals surface area contributed by atoms with Gasteiger partial charge in [-0.1, -0.05) is 49.2 Å². The number of sulfone groups is 2. The third kappa shape index (κ3) is 11.2. The molecule has 2 atom stereocenters. The van der Waals surface area contributed by atoms with Gasteiger partial charge in [0.15, 0.2) is 19.7 Å². The molecule has 0 aromatic heterocycles. The predicted molar refractivity (Wildman–Crippen MR) is 162 cm³/mol. The highest BCUT2D eigenvalue weighted by atomic mass is 32.2. The summed E-state index contributed by atoms with van der Waals surface area (Å²) in [5, 5.41) is 8.44. The summed E-state index contributed by atoms with van der Waals surface area (Å²) in [4.78, 5) is 5.80. The second kappa shape index (κ2) is 16.6. The molecular formula is C31H48N2O5S2. The fraction of sp³-hybridized carbons (Fsp3) is 0.613. The number of rotatable bonds is 9. The van der Waals surface area contributed by atoms with Crippen LogP contribution in [0.4, 0.5) is 0 Å². The summed E-state index contributed by atoms with van der Waals surface area (Å²) in [6.45, 7) is 7.41. The van der Waals surface area contributed by atoms with Gasteiger partial charge in [0, 0.05) is 19.4 Å². The highest BCUT2D eigenvalue weighted by molar-refractivity contribution is 7.92. The molecular weight excluding hydrogens is 544 g/mol. The first-order valence-corrected chi connectivity index (χ1v) is 18.2. The molecule has 2 aliphatic heterocycles. The van der Waals surface area contributed by atoms with Gasteiger partial charge in [-0.3, -0.25) is 0 Å². The van der Waals surface area contributed by atoms with E-state index in [1.54, 1.807) is 54.6 Å². The molecule has 2 heterocycles. The third-order valence-corrected chi connectivity index (χ3v) is 11.3. The summed E-state index contributed by atoms with van der Waals surface area (Å²) in [5.74, 6) is 0.377. The van der Waals surface area contributed by atoms with Crippen molar-refractivity contribution in [3.05, 3.63) is 60.7 Å². The SMILES string of the molecule is CS(=O)(=O)c1ccccc1.O=S(=O)(c1ccccc1)[C@@H]1C[C@H]1CCN1CCCCC1.OCCCN1CCCCC1. The van der Waals surface area contributed by atoms with E-state index in [9.17, 15) is 16.8 Å². The molecule has 0 unspecified atom stereocenters. The number of piperidine rings is 2. The fourth-order valence-electron chi connectivity index (χ4n) is 5.36. The largest absolute Gasteiger partial charge is 0.396 e. The normalized spacial score (nSPS) is 21.9. The molecule has 1 N–H and O–H groups in total. The van der Waals surface area contributed by atoms with E-state index < -0.39 is 19.7 Å². The molecule has 2 aromatic rings. The first kappa shape index (κ1) is 32.7. The summed E-state index contributed by atoms with van der Waals surface area (Å²) in [6, 6.07) is 17.3. The zero-order valence-electron chi connectivity index (χ0n) is 24.0. The van der Waals surface area contributed by atoms with E-state index in [4.69, 9.17) is 5.11 Å². The second-order valence-corrected chi connectivity index (χ2v) is 15.3. The van der Waals surface area contributed by atoms with Crippen LogP contribution < -0.4 is 0 Å². The van der Waals surface area contributed by atoms with Gasteiger partial charge in [0.2, 0.25) is 0 Å². The lowest BCUT2D eigenvalue weighted by Gasteiger charge is -2.26. The fourth-order valence-corrected chi connectivity index (χ4v) is 8.05. The van der Waals surface area contributed by atoms with E-state index in [1.807, 2.05) is 6.07 Å². The molecule has 3 aliphatic rings. The van der Waals surface area contributed by atoms with E-state index in [-0.39, 0.29) is 5.25 Å². The molecule has 0 amide bonds. The van der Waals surface area contributed by atoms with Crippen molar-refractivity contribution in [2.75, 3.05) is 52.1 Å². The molecule has 40 heavy (non-hydrogen) atoms. The Balaban J connectivity index is 0.000000185. The molecule has 3 fully saturated rings. The topological polar surface area (TPSA) is 95.0 Å². The molecule has 1 aliphatic carbocycles. The minimum absolute atomic E-state index is 0.130. The molecule has 7 nitrogen and oxygen atoms in total. The molecule has 0 radical (unpaired) electrons. The zero-order valence-corrected chi connectivity index (χ0v) is 25.7. The van der Waals surface area contributed by atoms with Crippen molar-refractivity contribution in [1.29, 1.82) is 0 Å². The highest BCUT2D eigenvalue weighted by Crippen LogP contribution is 2.42. The number of nitrogens with zero attached hydrogens (tertiary/aromatic N) is 2. The minimum atomic E-state index is -3.09. The van der Waals surface area contributed by atoms with Crippen LogP contribution in [0.1, 0.15) is 57.8 Å². The first-order valence-electron chi connectivity index (χ1n) is 14.8. The maximum Gasteiger partial charge on any atom is 0.181 e. The number of aliphatic hydroxyl groups excluding tert-OH is 1. The number of benzene rings is 2. The molecule has 9 heteroatoms. The number of aliphatic hydroxyl groups is 1. The van der Waals surface area contributed by atoms with Crippen LogP contribution in [0.5, 0.6) is 0 Å². The molecule has 0 bridgehead atoms. The van der Waals surface area contributed by atoms with E-state index >= 15 is 0 Å². The predicted octanol–water partition coefficient (Wildman–Crippen LogP) is 4.67. The van der Waals surface area contributed by atoms with Gasteiger partial charge in [0.1, 0.15) is 0 Å². The average molecular weight is 593 g/mol. The van der Waals surface area contributed by atoms with E-state index in [0.29, 0.717) is 22.3 Å². The van der Waals surface area contributed by atoms with E-state index in [1.165, 1.54) is 71.0 Å². The summed E-state index contributed by atoms with van der Waals surface area (Å²) >= 11 is 0. The van der Waals surface area contributed by atoms with Crippen LogP contribution in [-0.4, -0.2) is 89.1 Å². The van der Waals surface area contributed by atoms with Crippen molar-refractivity contribution in [2.45, 2.75) is 72.8 Å². The Labute approximate surface area is 242 Å². The first-order chi connectivity index (χ1) is 19.2. The molecule has 1 saturated carbocycles. The Morgan fingerprint density at radius 1 is 0.700 bits per heavy atom. The number of likely N-dealkylation sites (tertiary alicyclic amines) is 2. The average Bonchev–Trinajstić information content (AvgIpc) is 3.78. The van der Waals surface area contributed by atoms with Crippen molar-refractivity contribution < 1.29 is 21.9 Å². The summed E-state index contributed by atoms with van der Waals surface area (Å²) in [5.41, 5.74) is 0. The van der Waals surface area contributed by atoms with Crippen molar-refractivity contribution >= 4 is 19.7 Å². The van der Waals surface area contributed by atoms with Crippen LogP contribution >= 0.6 is 0 Å². The quantitative estimate of drug-likeness (QED) is 0.452. The van der Waals surface area contributed by atoms with E-state index in [0.717, 1.165) is 32.4 Å². The van der Waals surface area contributed by atoms with Gasteiger partial charge in [-0.15, -0.1) is 0 Å². The van der Waals surface area contributed by atoms with Gasteiger partial charge in [-0.2, -0.15) is 0 Å². The molecule has 2 saturated heterocycles. The van der Waals surface area contributed by atoms with Crippen LogP contribution in [0.15, 0.2) is 70.5 Å². The number of hydrogen-bond donors (Lipinski definition) is 1. The lowest BCUT2D eigenvalue weighted by Crippen LogP contribution is -2.31. The van der Waals surface area contributed by atoms with Gasteiger partial charge in [-0.05, 0) is 108 Å². The van der Waals surface area contributed by atoms with Gasteiger partial charge in [-0.25, -0.2) is 16.8 Å². The Bertz CT molecular complexity index is 1180. The minimum Gasteiger partial charge on any atom is -0.396 e. The Morgan fingerprint density at radius 2 is 1.18 bits per heavy atom. The van der Waals surface area contributed by atoms with Crippen molar-refractivity contribution in [3.8, 4) is 0 Å². The van der Waals surface area contributed by atoms with Gasteiger partial charge in [0.25, 0.3) is 0 Å². The molecule has 2 aromatic carbocycles.